The van der Waals surface area contributed by atoms with Gasteiger partial charge < -0.3 is 5.32 Å². The predicted molar refractivity (Wildman–Crippen MR) is 85.2 cm³/mol. The molecule has 1 aliphatic carbocycles. The van der Waals surface area contributed by atoms with E-state index in [2.05, 4.69) is 46.5 Å². The van der Waals surface area contributed by atoms with Crippen LogP contribution < -0.4 is 5.32 Å². The monoisotopic (exact) mass is 281 g/mol. The van der Waals surface area contributed by atoms with E-state index in [0.29, 0.717) is 5.92 Å². The van der Waals surface area contributed by atoms with Gasteiger partial charge in [0.1, 0.15) is 5.82 Å². The lowest BCUT2D eigenvalue weighted by atomic mass is 9.79. The summed E-state index contributed by atoms with van der Waals surface area (Å²) in [5.41, 5.74) is 3.06. The van der Waals surface area contributed by atoms with Crippen LogP contribution in [0.5, 0.6) is 0 Å². The van der Waals surface area contributed by atoms with E-state index in [1.807, 2.05) is 18.5 Å². The smallest absolute Gasteiger partial charge is 0.145 e. The molecule has 0 fully saturated rings. The Bertz CT molecular complexity index is 568. The van der Waals surface area contributed by atoms with Crippen LogP contribution in [-0.2, 0) is 6.42 Å². The van der Waals surface area contributed by atoms with Gasteiger partial charge in [0, 0.05) is 12.4 Å². The first-order valence-corrected chi connectivity index (χ1v) is 7.96. The zero-order chi connectivity index (χ0) is 14.5. The molecule has 1 N–H and O–H groups in total. The fraction of sp³-hybridized carbons (Fsp3) is 0.444. The maximum absolute atomic E-state index is 4.45. The normalized spacial score (nSPS) is 19.0. The second-order valence-corrected chi connectivity index (χ2v) is 5.74. The van der Waals surface area contributed by atoms with Crippen LogP contribution in [0.25, 0.3) is 0 Å². The van der Waals surface area contributed by atoms with Gasteiger partial charge in [0.25, 0.3) is 0 Å². The highest BCUT2D eigenvalue weighted by molar-refractivity contribution is 5.32. The van der Waals surface area contributed by atoms with Crippen molar-refractivity contribution in [3.05, 3.63) is 59.7 Å². The van der Waals surface area contributed by atoms with Crippen LogP contribution in [0.2, 0.25) is 0 Å². The molecule has 2 aromatic rings. The Balaban J connectivity index is 1.81. The van der Waals surface area contributed by atoms with Gasteiger partial charge in [-0.2, -0.15) is 0 Å². The molecule has 1 aromatic heterocycles. The van der Waals surface area contributed by atoms with Crippen LogP contribution in [-0.4, -0.2) is 16.5 Å². The summed E-state index contributed by atoms with van der Waals surface area (Å²) >= 11 is 0. The summed E-state index contributed by atoms with van der Waals surface area (Å²) in [6.45, 7) is 3.09. The molecule has 0 bridgehead atoms. The number of nitrogens with one attached hydrogen (secondary N) is 1. The Morgan fingerprint density at radius 1 is 1.19 bits per heavy atom. The SMILES string of the molecule is CCNC(CC1CCCc2ccccc21)c1ncccn1. The second kappa shape index (κ2) is 6.81. The molecule has 2 atom stereocenters. The first kappa shape index (κ1) is 14.2. The zero-order valence-electron chi connectivity index (χ0n) is 12.6. The molecule has 0 amide bonds. The highest BCUT2D eigenvalue weighted by Crippen LogP contribution is 2.37. The molecule has 3 rings (SSSR count). The van der Waals surface area contributed by atoms with Crippen molar-refractivity contribution in [1.29, 1.82) is 0 Å². The van der Waals surface area contributed by atoms with E-state index >= 15 is 0 Å². The van der Waals surface area contributed by atoms with Gasteiger partial charge in [0.2, 0.25) is 0 Å². The van der Waals surface area contributed by atoms with Gasteiger partial charge in [0.15, 0.2) is 0 Å². The fourth-order valence-corrected chi connectivity index (χ4v) is 3.40. The van der Waals surface area contributed by atoms with Gasteiger partial charge >= 0.3 is 0 Å². The van der Waals surface area contributed by atoms with E-state index in [1.165, 1.54) is 30.4 Å². The van der Waals surface area contributed by atoms with Gasteiger partial charge in [-0.3, -0.25) is 0 Å². The molecular formula is C18H23N3. The molecule has 21 heavy (non-hydrogen) atoms. The summed E-state index contributed by atoms with van der Waals surface area (Å²) in [5.74, 6) is 1.53. The number of benzene rings is 1. The minimum absolute atomic E-state index is 0.243. The van der Waals surface area contributed by atoms with Gasteiger partial charge in [-0.15, -0.1) is 0 Å². The minimum Gasteiger partial charge on any atom is -0.308 e. The number of fused-ring (bicyclic) bond motifs is 1. The first-order chi connectivity index (χ1) is 10.4. The molecule has 0 saturated heterocycles. The predicted octanol–water partition coefficient (Wildman–Crippen LogP) is 3.64. The fourth-order valence-electron chi connectivity index (χ4n) is 3.40. The maximum Gasteiger partial charge on any atom is 0.145 e. The van der Waals surface area contributed by atoms with Crippen LogP contribution in [0.15, 0.2) is 42.7 Å². The van der Waals surface area contributed by atoms with E-state index < -0.39 is 0 Å². The number of hydrogen-bond donors (Lipinski definition) is 1. The van der Waals surface area contributed by atoms with Crippen LogP contribution in [0, 0.1) is 0 Å². The third-order valence-corrected chi connectivity index (χ3v) is 4.36. The first-order valence-electron chi connectivity index (χ1n) is 7.96. The Kier molecular flexibility index (Phi) is 4.61. The quantitative estimate of drug-likeness (QED) is 0.909. The lowest BCUT2D eigenvalue weighted by molar-refractivity contribution is 0.413. The Labute approximate surface area is 126 Å². The van der Waals surface area contributed by atoms with Crippen molar-refractivity contribution >= 4 is 0 Å². The van der Waals surface area contributed by atoms with Gasteiger partial charge in [-0.05, 0) is 55.3 Å². The van der Waals surface area contributed by atoms with E-state index in [0.717, 1.165) is 18.8 Å². The van der Waals surface area contributed by atoms with Crippen molar-refractivity contribution in [2.24, 2.45) is 0 Å². The van der Waals surface area contributed by atoms with Crippen molar-refractivity contribution in [2.75, 3.05) is 6.54 Å². The lowest BCUT2D eigenvalue weighted by Gasteiger charge is -2.28. The summed E-state index contributed by atoms with van der Waals surface area (Å²) < 4.78 is 0. The summed E-state index contributed by atoms with van der Waals surface area (Å²) in [5, 5.41) is 3.55. The molecule has 2 unspecified atom stereocenters. The van der Waals surface area contributed by atoms with Crippen LogP contribution in [0.3, 0.4) is 0 Å². The molecule has 0 aliphatic heterocycles. The highest BCUT2D eigenvalue weighted by Gasteiger charge is 2.24. The minimum atomic E-state index is 0.243. The van der Waals surface area contributed by atoms with E-state index in [4.69, 9.17) is 0 Å². The zero-order valence-corrected chi connectivity index (χ0v) is 12.6. The number of nitrogens with zero attached hydrogens (tertiary/aromatic N) is 2. The van der Waals surface area contributed by atoms with E-state index in [9.17, 15) is 0 Å². The highest BCUT2D eigenvalue weighted by atomic mass is 15.0. The summed E-state index contributed by atoms with van der Waals surface area (Å²) in [6.07, 6.45) is 8.53. The van der Waals surface area contributed by atoms with Crippen molar-refractivity contribution in [2.45, 2.75) is 44.6 Å². The molecular weight excluding hydrogens is 258 g/mol. The average Bonchev–Trinajstić information content (AvgIpc) is 2.55. The molecule has 3 nitrogen and oxygen atoms in total. The van der Waals surface area contributed by atoms with Crippen molar-refractivity contribution in [3.8, 4) is 0 Å². The molecule has 0 saturated carbocycles. The van der Waals surface area contributed by atoms with Crippen LogP contribution >= 0.6 is 0 Å². The van der Waals surface area contributed by atoms with Gasteiger partial charge in [-0.1, -0.05) is 31.2 Å². The Morgan fingerprint density at radius 3 is 2.81 bits per heavy atom. The summed E-state index contributed by atoms with van der Waals surface area (Å²) in [6, 6.07) is 11.0. The third kappa shape index (κ3) is 3.30. The molecule has 0 spiro atoms. The van der Waals surface area contributed by atoms with Crippen LogP contribution in [0.1, 0.15) is 55.1 Å². The number of aromatic nitrogens is 2. The van der Waals surface area contributed by atoms with Gasteiger partial charge in [-0.25, -0.2) is 9.97 Å². The molecule has 1 aromatic carbocycles. The molecule has 110 valence electrons. The second-order valence-electron chi connectivity index (χ2n) is 5.74. The van der Waals surface area contributed by atoms with Gasteiger partial charge in [0.05, 0.1) is 6.04 Å². The maximum atomic E-state index is 4.45. The number of hydrogen-bond acceptors (Lipinski definition) is 3. The molecule has 0 radical (unpaired) electrons. The van der Waals surface area contributed by atoms with Crippen molar-refractivity contribution in [3.63, 3.8) is 0 Å². The average molecular weight is 281 g/mol. The Morgan fingerprint density at radius 2 is 2.00 bits per heavy atom. The summed E-state index contributed by atoms with van der Waals surface area (Å²) in [4.78, 5) is 8.89. The molecule has 3 heteroatoms. The number of rotatable bonds is 5. The van der Waals surface area contributed by atoms with Crippen molar-refractivity contribution < 1.29 is 0 Å². The summed E-state index contributed by atoms with van der Waals surface area (Å²) in [7, 11) is 0. The topological polar surface area (TPSA) is 37.8 Å². The Hall–Kier alpha value is -1.74. The van der Waals surface area contributed by atoms with Crippen molar-refractivity contribution in [1.82, 2.24) is 15.3 Å². The largest absolute Gasteiger partial charge is 0.308 e. The lowest BCUT2D eigenvalue weighted by Crippen LogP contribution is -2.26. The number of aryl methyl sites for hydroxylation is 1. The molecule has 1 aliphatic rings. The standard InChI is InChI=1S/C18H23N3/c1-2-19-17(18-20-11-6-12-21-18)13-15-9-5-8-14-7-3-4-10-16(14)15/h3-4,6-7,10-12,15,17,19H,2,5,8-9,13H2,1H3. The van der Waals surface area contributed by atoms with E-state index in [-0.39, 0.29) is 6.04 Å². The van der Waals surface area contributed by atoms with Crippen LogP contribution in [0.4, 0.5) is 0 Å². The third-order valence-electron chi connectivity index (χ3n) is 4.36. The van der Waals surface area contributed by atoms with E-state index in [1.54, 1.807) is 0 Å². The molecule has 1 heterocycles.